The number of carbonyl (C=O) groups is 1. The van der Waals surface area contributed by atoms with Crippen molar-refractivity contribution < 1.29 is 13.2 Å². The van der Waals surface area contributed by atoms with E-state index < -0.39 is 10.0 Å². The first kappa shape index (κ1) is 16.0. The SMILES string of the molecule is CCNS(=O)(=O)c1cccc(C(=O)N2CCC[C@@H](C)C2)c1. The average Bonchev–Trinajstić information content (AvgIpc) is 2.46. The highest BCUT2D eigenvalue weighted by molar-refractivity contribution is 7.89. The van der Waals surface area contributed by atoms with Gasteiger partial charge in [-0.15, -0.1) is 0 Å². The van der Waals surface area contributed by atoms with Crippen molar-refractivity contribution >= 4 is 15.9 Å². The molecule has 1 aliphatic rings. The highest BCUT2D eigenvalue weighted by Gasteiger charge is 2.23. The molecule has 1 fully saturated rings. The number of rotatable bonds is 4. The fourth-order valence-corrected chi connectivity index (χ4v) is 3.71. The van der Waals surface area contributed by atoms with E-state index in [1.54, 1.807) is 19.1 Å². The fraction of sp³-hybridized carbons (Fsp3) is 0.533. The zero-order valence-electron chi connectivity index (χ0n) is 12.5. The van der Waals surface area contributed by atoms with E-state index in [1.165, 1.54) is 12.1 Å². The molecule has 1 aromatic carbocycles. The molecule has 0 spiro atoms. The number of carbonyl (C=O) groups excluding carboxylic acids is 1. The smallest absolute Gasteiger partial charge is 0.253 e. The average molecular weight is 310 g/mol. The van der Waals surface area contributed by atoms with Crippen molar-refractivity contribution in [3.63, 3.8) is 0 Å². The molecule has 1 saturated heterocycles. The Bertz CT molecular complexity index is 613. The van der Waals surface area contributed by atoms with E-state index in [-0.39, 0.29) is 10.8 Å². The van der Waals surface area contributed by atoms with E-state index in [0.29, 0.717) is 18.0 Å². The van der Waals surface area contributed by atoms with Crippen molar-refractivity contribution in [3.8, 4) is 0 Å². The van der Waals surface area contributed by atoms with Crippen LogP contribution in [0.4, 0.5) is 0 Å². The summed E-state index contributed by atoms with van der Waals surface area (Å²) < 4.78 is 26.4. The van der Waals surface area contributed by atoms with Crippen molar-refractivity contribution in [1.82, 2.24) is 9.62 Å². The molecule has 1 heterocycles. The zero-order chi connectivity index (χ0) is 15.5. The Kier molecular flexibility index (Phi) is 5.00. The van der Waals surface area contributed by atoms with Gasteiger partial charge in [0.05, 0.1) is 4.90 Å². The lowest BCUT2D eigenvalue weighted by molar-refractivity contribution is 0.0683. The Morgan fingerprint density at radius 1 is 1.43 bits per heavy atom. The van der Waals surface area contributed by atoms with Crippen LogP contribution in [-0.2, 0) is 10.0 Å². The second kappa shape index (κ2) is 6.58. The largest absolute Gasteiger partial charge is 0.338 e. The van der Waals surface area contributed by atoms with Crippen molar-refractivity contribution in [3.05, 3.63) is 29.8 Å². The Labute approximate surface area is 126 Å². The third kappa shape index (κ3) is 3.83. The molecule has 0 aliphatic carbocycles. The van der Waals surface area contributed by atoms with E-state index in [9.17, 15) is 13.2 Å². The minimum Gasteiger partial charge on any atom is -0.338 e. The number of amides is 1. The molecule has 0 radical (unpaired) electrons. The van der Waals surface area contributed by atoms with Crippen molar-refractivity contribution in [2.24, 2.45) is 5.92 Å². The number of sulfonamides is 1. The number of nitrogens with zero attached hydrogens (tertiary/aromatic N) is 1. The van der Waals surface area contributed by atoms with Crippen LogP contribution in [0.1, 0.15) is 37.0 Å². The summed E-state index contributed by atoms with van der Waals surface area (Å²) in [5.41, 5.74) is 0.433. The third-order valence-electron chi connectivity index (χ3n) is 3.67. The van der Waals surface area contributed by atoms with Gasteiger partial charge in [-0.2, -0.15) is 0 Å². The summed E-state index contributed by atoms with van der Waals surface area (Å²) >= 11 is 0. The van der Waals surface area contributed by atoms with Crippen LogP contribution in [0.5, 0.6) is 0 Å². The second-order valence-corrected chi connectivity index (χ2v) is 7.29. The molecule has 1 aliphatic heterocycles. The van der Waals surface area contributed by atoms with E-state index in [1.807, 2.05) is 4.90 Å². The molecule has 0 saturated carbocycles. The predicted octanol–water partition coefficient (Wildman–Crippen LogP) is 1.86. The summed E-state index contributed by atoms with van der Waals surface area (Å²) in [6, 6.07) is 6.25. The molecule has 1 atom stereocenters. The van der Waals surface area contributed by atoms with Crippen molar-refractivity contribution in [2.45, 2.75) is 31.6 Å². The number of likely N-dealkylation sites (tertiary alicyclic amines) is 1. The van der Waals surface area contributed by atoms with Crippen LogP contribution >= 0.6 is 0 Å². The Balaban J connectivity index is 2.23. The molecule has 1 amide bonds. The van der Waals surface area contributed by atoms with E-state index in [4.69, 9.17) is 0 Å². The number of piperidine rings is 1. The lowest BCUT2D eigenvalue weighted by Gasteiger charge is -2.31. The zero-order valence-corrected chi connectivity index (χ0v) is 13.3. The molecule has 0 unspecified atom stereocenters. The van der Waals surface area contributed by atoms with Gasteiger partial charge in [0, 0.05) is 25.2 Å². The molecule has 0 bridgehead atoms. The van der Waals surface area contributed by atoms with Gasteiger partial charge in [0.2, 0.25) is 10.0 Å². The van der Waals surface area contributed by atoms with Gasteiger partial charge in [-0.25, -0.2) is 13.1 Å². The summed E-state index contributed by atoms with van der Waals surface area (Å²) in [5, 5.41) is 0. The molecule has 21 heavy (non-hydrogen) atoms. The van der Waals surface area contributed by atoms with Crippen LogP contribution in [0.2, 0.25) is 0 Å². The van der Waals surface area contributed by atoms with Gasteiger partial charge in [-0.05, 0) is 37.0 Å². The van der Waals surface area contributed by atoms with Gasteiger partial charge in [0.15, 0.2) is 0 Å². The quantitative estimate of drug-likeness (QED) is 0.923. The first-order valence-corrected chi connectivity index (χ1v) is 8.81. The monoisotopic (exact) mass is 310 g/mol. The lowest BCUT2D eigenvalue weighted by atomic mass is 9.99. The molecule has 6 heteroatoms. The van der Waals surface area contributed by atoms with Crippen LogP contribution < -0.4 is 4.72 Å². The minimum absolute atomic E-state index is 0.0879. The molecule has 1 aromatic rings. The third-order valence-corrected chi connectivity index (χ3v) is 5.21. The van der Waals surface area contributed by atoms with Crippen LogP contribution in [-0.4, -0.2) is 38.9 Å². The molecule has 0 aromatic heterocycles. The van der Waals surface area contributed by atoms with Crippen LogP contribution in [0, 0.1) is 5.92 Å². The van der Waals surface area contributed by atoms with Crippen LogP contribution in [0.3, 0.4) is 0 Å². The summed E-state index contributed by atoms with van der Waals surface area (Å²) in [6.45, 7) is 5.66. The van der Waals surface area contributed by atoms with E-state index in [0.717, 1.165) is 25.9 Å². The lowest BCUT2D eigenvalue weighted by Crippen LogP contribution is -2.39. The number of nitrogens with one attached hydrogen (secondary N) is 1. The summed E-state index contributed by atoms with van der Waals surface area (Å²) in [5.74, 6) is 0.409. The molecular formula is C15H22N2O3S. The van der Waals surface area contributed by atoms with E-state index >= 15 is 0 Å². The summed E-state index contributed by atoms with van der Waals surface area (Å²) in [7, 11) is -3.53. The first-order chi connectivity index (χ1) is 9.94. The second-order valence-electron chi connectivity index (χ2n) is 5.53. The highest BCUT2D eigenvalue weighted by atomic mass is 32.2. The topological polar surface area (TPSA) is 66.5 Å². The standard InChI is InChI=1S/C15H22N2O3S/c1-3-16-21(19,20)14-8-4-7-13(10-14)15(18)17-9-5-6-12(2)11-17/h4,7-8,10,12,16H,3,5-6,9,11H2,1-2H3/t12-/m1/s1. The predicted molar refractivity (Wildman–Crippen MR) is 81.6 cm³/mol. The summed E-state index contributed by atoms with van der Waals surface area (Å²) in [4.78, 5) is 14.4. The number of hydrogen-bond donors (Lipinski definition) is 1. The number of benzene rings is 1. The Morgan fingerprint density at radius 2 is 2.19 bits per heavy atom. The molecule has 2 rings (SSSR count). The van der Waals surface area contributed by atoms with Crippen LogP contribution in [0.25, 0.3) is 0 Å². The Hall–Kier alpha value is -1.40. The maximum absolute atomic E-state index is 12.5. The maximum Gasteiger partial charge on any atom is 0.253 e. The van der Waals surface area contributed by atoms with Gasteiger partial charge in [-0.3, -0.25) is 4.79 Å². The van der Waals surface area contributed by atoms with Crippen LogP contribution in [0.15, 0.2) is 29.2 Å². The van der Waals surface area contributed by atoms with Gasteiger partial charge in [-0.1, -0.05) is 19.9 Å². The maximum atomic E-state index is 12.5. The van der Waals surface area contributed by atoms with Gasteiger partial charge in [0.1, 0.15) is 0 Å². The van der Waals surface area contributed by atoms with Crippen molar-refractivity contribution in [2.75, 3.05) is 19.6 Å². The van der Waals surface area contributed by atoms with Gasteiger partial charge < -0.3 is 4.90 Å². The fourth-order valence-electron chi connectivity index (χ4n) is 2.63. The normalized spacial score (nSPS) is 19.5. The molecular weight excluding hydrogens is 288 g/mol. The van der Waals surface area contributed by atoms with Gasteiger partial charge in [0.25, 0.3) is 5.91 Å². The minimum atomic E-state index is -3.53. The molecule has 1 N–H and O–H groups in total. The molecule has 116 valence electrons. The van der Waals surface area contributed by atoms with Crippen molar-refractivity contribution in [1.29, 1.82) is 0 Å². The summed E-state index contributed by atoms with van der Waals surface area (Å²) in [6.07, 6.45) is 2.14. The Morgan fingerprint density at radius 3 is 2.86 bits per heavy atom. The van der Waals surface area contributed by atoms with Gasteiger partial charge >= 0.3 is 0 Å². The number of hydrogen-bond acceptors (Lipinski definition) is 3. The van der Waals surface area contributed by atoms with E-state index in [2.05, 4.69) is 11.6 Å². The first-order valence-electron chi connectivity index (χ1n) is 7.33. The molecule has 5 nitrogen and oxygen atoms in total. The highest BCUT2D eigenvalue weighted by Crippen LogP contribution is 2.19.